The van der Waals surface area contributed by atoms with Gasteiger partial charge in [0, 0.05) is 50.7 Å². The number of furan rings is 1. The van der Waals surface area contributed by atoms with Gasteiger partial charge < -0.3 is 4.42 Å². The number of rotatable bonds is 2. The minimum atomic E-state index is -1.60. The third kappa shape index (κ3) is 3.96. The van der Waals surface area contributed by atoms with Gasteiger partial charge in [0.2, 0.25) is 17.4 Å². The zero-order valence-electron chi connectivity index (χ0n) is 30.2. The van der Waals surface area contributed by atoms with Gasteiger partial charge in [-0.05, 0) is 56.6 Å². The molecule has 0 fully saturated rings. The van der Waals surface area contributed by atoms with Crippen molar-refractivity contribution in [3.05, 3.63) is 150 Å². The van der Waals surface area contributed by atoms with E-state index in [-0.39, 0.29) is 12.1 Å². The molecular formula is C48H40N2OSi+2. The van der Waals surface area contributed by atoms with Crippen LogP contribution in [-0.4, -0.2) is 8.07 Å². The lowest BCUT2D eigenvalue weighted by Crippen LogP contribution is -2.61. The molecule has 3 aromatic heterocycles. The summed E-state index contributed by atoms with van der Waals surface area (Å²) in [4.78, 5) is 0. The molecule has 0 radical (unpaired) electrons. The Kier molecular flexibility index (Phi) is 6.07. The number of nitrogens with zero attached hydrogens (tertiary/aromatic N) is 2. The molecule has 9 aromatic rings. The molecule has 2 aliphatic rings. The lowest BCUT2D eigenvalue weighted by Gasteiger charge is -2.33. The van der Waals surface area contributed by atoms with Crippen molar-refractivity contribution in [2.45, 2.75) is 51.5 Å². The Morgan fingerprint density at radius 1 is 0.558 bits per heavy atom. The van der Waals surface area contributed by atoms with Crippen LogP contribution in [0.3, 0.4) is 0 Å². The molecule has 0 bridgehead atoms. The first-order valence-electron chi connectivity index (χ1n) is 18.7. The maximum absolute atomic E-state index is 7.38. The monoisotopic (exact) mass is 688 g/mol. The first-order valence-corrected chi connectivity index (χ1v) is 22.2. The summed E-state index contributed by atoms with van der Waals surface area (Å²) in [7, 11) is -1.60. The highest BCUT2D eigenvalue weighted by atomic mass is 28.3. The summed E-state index contributed by atoms with van der Waals surface area (Å²) < 4.78 is 12.5. The van der Waals surface area contributed by atoms with E-state index in [9.17, 15) is 0 Å². The molecule has 0 spiro atoms. The zero-order chi connectivity index (χ0) is 35.0. The molecule has 3 nitrogen and oxygen atoms in total. The van der Waals surface area contributed by atoms with Crippen LogP contribution in [0.1, 0.15) is 48.5 Å². The molecular weight excluding hydrogens is 649 g/mol. The summed E-state index contributed by atoms with van der Waals surface area (Å²) in [5.41, 5.74) is 11.0. The quantitative estimate of drug-likeness (QED) is 0.101. The second-order valence-electron chi connectivity index (χ2n) is 16.3. The molecule has 4 heteroatoms. The first kappa shape index (κ1) is 30.1. The van der Waals surface area contributed by atoms with Gasteiger partial charge in [-0.3, -0.25) is 0 Å². The maximum Gasteiger partial charge on any atom is 0.250 e. The molecule has 0 saturated heterocycles. The molecule has 0 amide bonds. The fourth-order valence-corrected chi connectivity index (χ4v) is 10.6. The average Bonchev–Trinajstić information content (AvgIpc) is 3.55. The molecule has 250 valence electrons. The van der Waals surface area contributed by atoms with Gasteiger partial charge in [-0.25, -0.2) is 0 Å². The molecule has 5 heterocycles. The second-order valence-corrected chi connectivity index (χ2v) is 21.4. The van der Waals surface area contributed by atoms with Gasteiger partial charge in [0.25, 0.3) is 6.04 Å². The summed E-state index contributed by atoms with van der Waals surface area (Å²) in [5.74, 6) is 0.401. The lowest BCUT2D eigenvalue weighted by molar-refractivity contribution is -0.799. The van der Waals surface area contributed by atoms with Crippen molar-refractivity contribution in [3.8, 4) is 22.5 Å². The van der Waals surface area contributed by atoms with Crippen LogP contribution in [0.15, 0.2) is 138 Å². The Morgan fingerprint density at radius 3 is 1.92 bits per heavy atom. The van der Waals surface area contributed by atoms with Gasteiger partial charge in [-0.2, -0.15) is 9.13 Å². The van der Waals surface area contributed by atoms with Crippen LogP contribution in [-0.2, 0) is 0 Å². The molecule has 6 aromatic carbocycles. The van der Waals surface area contributed by atoms with Crippen molar-refractivity contribution in [3.63, 3.8) is 0 Å². The summed E-state index contributed by atoms with van der Waals surface area (Å²) in [5, 5.41) is 11.3. The van der Waals surface area contributed by atoms with Crippen LogP contribution in [0, 0.1) is 0 Å². The van der Waals surface area contributed by atoms with Crippen molar-refractivity contribution in [1.82, 2.24) is 0 Å². The van der Waals surface area contributed by atoms with E-state index < -0.39 is 8.07 Å². The molecule has 0 saturated carbocycles. The van der Waals surface area contributed by atoms with E-state index in [2.05, 4.69) is 176 Å². The van der Waals surface area contributed by atoms with Crippen LogP contribution in [0.5, 0.6) is 0 Å². The van der Waals surface area contributed by atoms with Gasteiger partial charge in [0.05, 0.1) is 19.2 Å². The van der Waals surface area contributed by atoms with E-state index in [0.717, 1.165) is 11.2 Å². The fourth-order valence-electron chi connectivity index (χ4n) is 9.49. The summed E-state index contributed by atoms with van der Waals surface area (Å²) in [6.07, 6.45) is 4.84. The van der Waals surface area contributed by atoms with Crippen LogP contribution in [0.2, 0.25) is 19.6 Å². The molecule has 11 rings (SSSR count). The second kappa shape index (κ2) is 10.5. The van der Waals surface area contributed by atoms with E-state index >= 15 is 0 Å². The third-order valence-corrected chi connectivity index (χ3v) is 14.1. The van der Waals surface area contributed by atoms with Crippen LogP contribution >= 0.6 is 0 Å². The van der Waals surface area contributed by atoms with Crippen molar-refractivity contribution in [1.29, 1.82) is 0 Å². The highest BCUT2D eigenvalue weighted by Gasteiger charge is 2.53. The van der Waals surface area contributed by atoms with Crippen molar-refractivity contribution < 1.29 is 13.6 Å². The number of fused-ring (bicyclic) bond motifs is 22. The number of hydrogen-bond acceptors (Lipinski definition) is 1. The SMILES string of the molecule is CC(C)c1cc[n+]2c(c1)-c1c(ccc3c1oc1c3ccc3c4ccccc4c4ccccc4c31)C1C2c2ccccc2-c2ccc([Si](C)(C)C)c[n+]21. The topological polar surface area (TPSA) is 20.9 Å². The van der Waals surface area contributed by atoms with E-state index in [1.165, 1.54) is 87.5 Å². The Bertz CT molecular complexity index is 2970. The normalized spacial score (nSPS) is 16.3. The summed E-state index contributed by atoms with van der Waals surface area (Å²) >= 11 is 0. The van der Waals surface area contributed by atoms with Crippen molar-refractivity contribution in [2.24, 2.45) is 0 Å². The highest BCUT2D eigenvalue weighted by molar-refractivity contribution is 6.88. The predicted molar refractivity (Wildman–Crippen MR) is 217 cm³/mol. The molecule has 2 atom stereocenters. The summed E-state index contributed by atoms with van der Waals surface area (Å²) in [6.45, 7) is 11.9. The van der Waals surface area contributed by atoms with E-state index in [1.807, 2.05) is 0 Å². The van der Waals surface area contributed by atoms with Crippen molar-refractivity contribution in [2.75, 3.05) is 0 Å². The maximum atomic E-state index is 7.38. The highest BCUT2D eigenvalue weighted by Crippen LogP contribution is 2.50. The molecule has 0 N–H and O–H groups in total. The minimum absolute atomic E-state index is 0.0673. The molecule has 52 heavy (non-hydrogen) atoms. The Hall–Kier alpha value is -5.58. The van der Waals surface area contributed by atoms with Gasteiger partial charge in [-0.1, -0.05) is 118 Å². The fraction of sp³-hybridized carbons (Fsp3) is 0.167. The number of aromatic nitrogens is 2. The molecule has 2 unspecified atom stereocenters. The summed E-state index contributed by atoms with van der Waals surface area (Å²) in [6, 6.07) is 45.8. The minimum Gasteiger partial charge on any atom is -0.454 e. The smallest absolute Gasteiger partial charge is 0.250 e. The Balaban J connectivity index is 1.29. The van der Waals surface area contributed by atoms with Crippen molar-refractivity contribution >= 4 is 67.5 Å². The molecule has 2 aliphatic heterocycles. The zero-order valence-corrected chi connectivity index (χ0v) is 31.2. The Labute approximate surface area is 304 Å². The number of hydrogen-bond donors (Lipinski definition) is 0. The van der Waals surface area contributed by atoms with Crippen LogP contribution in [0.4, 0.5) is 0 Å². The average molecular weight is 689 g/mol. The Morgan fingerprint density at radius 2 is 1.17 bits per heavy atom. The van der Waals surface area contributed by atoms with E-state index in [4.69, 9.17) is 4.42 Å². The standard InChI is InChI=1S/C48H40N2OSi/c1-28(2)29-24-25-49-42(26-29)44-40(46-45(49)37-17-11-9-15-34(37)41-23-18-30(27-50(41)46)52(3,4)5)22-21-39-38-20-19-36-33-14-7-6-12-31(33)32-13-8-10-16-35(32)43(36)47(38)51-48(39)44/h6-28,45-46H,1-5H3/q+2. The van der Waals surface area contributed by atoms with Crippen LogP contribution in [0.25, 0.3) is 76.8 Å². The predicted octanol–water partition coefficient (Wildman–Crippen LogP) is 11.1. The van der Waals surface area contributed by atoms with Crippen LogP contribution < -0.4 is 14.3 Å². The van der Waals surface area contributed by atoms with E-state index in [0.29, 0.717) is 5.92 Å². The molecule has 0 aliphatic carbocycles. The van der Waals surface area contributed by atoms with Gasteiger partial charge in [-0.15, -0.1) is 0 Å². The van der Waals surface area contributed by atoms with Gasteiger partial charge >= 0.3 is 0 Å². The van der Waals surface area contributed by atoms with Gasteiger partial charge in [0.1, 0.15) is 11.2 Å². The largest absolute Gasteiger partial charge is 0.454 e. The number of pyridine rings is 2. The van der Waals surface area contributed by atoms with Gasteiger partial charge in [0.15, 0.2) is 12.4 Å². The van der Waals surface area contributed by atoms with E-state index in [1.54, 1.807) is 0 Å². The number of benzene rings is 6. The third-order valence-electron chi connectivity index (χ3n) is 12.1. The lowest BCUT2D eigenvalue weighted by atomic mass is 9.79. The first-order chi connectivity index (χ1) is 25.3.